The molecule has 116 valence electrons. The van der Waals surface area contributed by atoms with Gasteiger partial charge in [0.15, 0.2) is 0 Å². The van der Waals surface area contributed by atoms with Gasteiger partial charge >= 0.3 is 0 Å². The van der Waals surface area contributed by atoms with E-state index in [-0.39, 0.29) is 5.91 Å². The molecular formula is C18H20ClNO2. The van der Waals surface area contributed by atoms with Crippen LogP contribution in [0.25, 0.3) is 0 Å². The zero-order valence-electron chi connectivity index (χ0n) is 12.6. The van der Waals surface area contributed by atoms with E-state index in [2.05, 4.69) is 5.32 Å². The minimum Gasteiger partial charge on any atom is -0.492 e. The first-order valence-electron chi connectivity index (χ1n) is 7.35. The van der Waals surface area contributed by atoms with Crippen molar-refractivity contribution in [2.75, 3.05) is 13.2 Å². The van der Waals surface area contributed by atoms with Gasteiger partial charge in [-0.05, 0) is 42.7 Å². The zero-order valence-corrected chi connectivity index (χ0v) is 13.4. The van der Waals surface area contributed by atoms with Gasteiger partial charge in [-0.15, -0.1) is 0 Å². The monoisotopic (exact) mass is 317 g/mol. The van der Waals surface area contributed by atoms with Crippen molar-refractivity contribution in [1.82, 2.24) is 5.32 Å². The molecular weight excluding hydrogens is 298 g/mol. The number of halogens is 1. The van der Waals surface area contributed by atoms with E-state index in [0.29, 0.717) is 31.0 Å². The highest BCUT2D eigenvalue weighted by molar-refractivity contribution is 6.31. The van der Waals surface area contributed by atoms with Crippen LogP contribution in [0, 0.1) is 6.92 Å². The van der Waals surface area contributed by atoms with E-state index >= 15 is 0 Å². The van der Waals surface area contributed by atoms with Crippen LogP contribution in [-0.4, -0.2) is 19.1 Å². The fraction of sp³-hybridized carbons (Fsp3) is 0.278. The van der Waals surface area contributed by atoms with Gasteiger partial charge in [0.05, 0.1) is 6.54 Å². The normalized spacial score (nSPS) is 10.3. The summed E-state index contributed by atoms with van der Waals surface area (Å²) in [4.78, 5) is 11.8. The van der Waals surface area contributed by atoms with E-state index in [1.807, 2.05) is 55.5 Å². The Kier molecular flexibility index (Phi) is 6.28. The van der Waals surface area contributed by atoms with Crippen molar-refractivity contribution >= 4 is 17.5 Å². The molecule has 0 saturated carbocycles. The summed E-state index contributed by atoms with van der Waals surface area (Å²) < 4.78 is 5.58. The molecule has 22 heavy (non-hydrogen) atoms. The summed E-state index contributed by atoms with van der Waals surface area (Å²) in [5, 5.41) is 3.56. The second-order valence-corrected chi connectivity index (χ2v) is 5.51. The summed E-state index contributed by atoms with van der Waals surface area (Å²) in [7, 11) is 0. The van der Waals surface area contributed by atoms with Crippen LogP contribution in [0.5, 0.6) is 5.75 Å². The molecule has 0 heterocycles. The molecule has 2 aromatic rings. The first-order chi connectivity index (χ1) is 10.6. The van der Waals surface area contributed by atoms with Gasteiger partial charge in [-0.1, -0.05) is 41.9 Å². The molecule has 0 saturated heterocycles. The fourth-order valence-corrected chi connectivity index (χ4v) is 2.33. The number of aryl methyl sites for hydroxylation is 2. The van der Waals surface area contributed by atoms with Crippen LogP contribution in [0.1, 0.15) is 17.5 Å². The lowest BCUT2D eigenvalue weighted by Gasteiger charge is -2.08. The van der Waals surface area contributed by atoms with E-state index in [9.17, 15) is 4.79 Å². The Bertz CT molecular complexity index is 628. The summed E-state index contributed by atoms with van der Waals surface area (Å²) in [6.07, 6.45) is 1.07. The van der Waals surface area contributed by atoms with Gasteiger partial charge in [0.1, 0.15) is 12.4 Å². The Morgan fingerprint density at radius 3 is 2.77 bits per heavy atom. The van der Waals surface area contributed by atoms with Crippen molar-refractivity contribution in [1.29, 1.82) is 0 Å². The smallest absolute Gasteiger partial charge is 0.220 e. The number of amides is 1. The maximum absolute atomic E-state index is 11.8. The van der Waals surface area contributed by atoms with E-state index < -0.39 is 0 Å². The molecule has 0 aliphatic carbocycles. The molecule has 0 aromatic heterocycles. The molecule has 1 amide bonds. The van der Waals surface area contributed by atoms with Crippen LogP contribution in [0.3, 0.4) is 0 Å². The van der Waals surface area contributed by atoms with Crippen LogP contribution in [-0.2, 0) is 11.2 Å². The maximum atomic E-state index is 11.8. The third-order valence-electron chi connectivity index (χ3n) is 3.26. The standard InChI is InChI=1S/C18H20ClNO2/c1-14-5-4-7-16(13-14)22-12-11-20-18(21)10-9-15-6-2-3-8-17(15)19/h2-8,13H,9-12H2,1H3,(H,20,21). The Labute approximate surface area is 136 Å². The lowest BCUT2D eigenvalue weighted by atomic mass is 10.1. The van der Waals surface area contributed by atoms with Crippen LogP contribution < -0.4 is 10.1 Å². The summed E-state index contributed by atoms with van der Waals surface area (Å²) in [5.74, 6) is 0.832. The summed E-state index contributed by atoms with van der Waals surface area (Å²) in [6, 6.07) is 15.4. The molecule has 0 aliphatic heterocycles. The predicted octanol–water partition coefficient (Wildman–Crippen LogP) is 3.78. The van der Waals surface area contributed by atoms with Gasteiger partial charge in [-0.25, -0.2) is 0 Å². The maximum Gasteiger partial charge on any atom is 0.220 e. The Morgan fingerprint density at radius 1 is 1.18 bits per heavy atom. The Hall–Kier alpha value is -2.00. The number of carbonyl (C=O) groups is 1. The van der Waals surface area contributed by atoms with Gasteiger partial charge in [0, 0.05) is 11.4 Å². The topological polar surface area (TPSA) is 38.3 Å². The van der Waals surface area contributed by atoms with E-state index in [1.165, 1.54) is 0 Å². The van der Waals surface area contributed by atoms with Crippen LogP contribution >= 0.6 is 11.6 Å². The molecule has 2 rings (SSSR count). The first-order valence-corrected chi connectivity index (χ1v) is 7.72. The third kappa shape index (κ3) is 5.41. The van der Waals surface area contributed by atoms with Crippen molar-refractivity contribution < 1.29 is 9.53 Å². The molecule has 0 aliphatic rings. The summed E-state index contributed by atoms with van der Waals surface area (Å²) in [6.45, 7) is 2.97. The predicted molar refractivity (Wildman–Crippen MR) is 89.5 cm³/mol. The molecule has 0 radical (unpaired) electrons. The van der Waals surface area contributed by atoms with E-state index in [4.69, 9.17) is 16.3 Å². The summed E-state index contributed by atoms with van der Waals surface area (Å²) in [5.41, 5.74) is 2.15. The van der Waals surface area contributed by atoms with Crippen molar-refractivity contribution in [2.24, 2.45) is 0 Å². The lowest BCUT2D eigenvalue weighted by molar-refractivity contribution is -0.121. The minimum absolute atomic E-state index is 0.00719. The number of rotatable bonds is 7. The molecule has 0 atom stereocenters. The number of ether oxygens (including phenoxy) is 1. The number of benzene rings is 2. The molecule has 4 heteroatoms. The van der Waals surface area contributed by atoms with E-state index in [0.717, 1.165) is 16.9 Å². The van der Waals surface area contributed by atoms with Gasteiger partial charge in [0.25, 0.3) is 0 Å². The molecule has 2 aromatic carbocycles. The number of hydrogen-bond acceptors (Lipinski definition) is 2. The molecule has 3 nitrogen and oxygen atoms in total. The zero-order chi connectivity index (χ0) is 15.8. The van der Waals surface area contributed by atoms with Crippen LogP contribution in [0.4, 0.5) is 0 Å². The SMILES string of the molecule is Cc1cccc(OCCNC(=O)CCc2ccccc2Cl)c1. The van der Waals surface area contributed by atoms with Gasteiger partial charge in [-0.2, -0.15) is 0 Å². The van der Waals surface area contributed by atoms with Crippen molar-refractivity contribution in [2.45, 2.75) is 19.8 Å². The Morgan fingerprint density at radius 2 is 2.00 bits per heavy atom. The summed E-state index contributed by atoms with van der Waals surface area (Å²) >= 11 is 6.06. The number of nitrogens with one attached hydrogen (secondary N) is 1. The third-order valence-corrected chi connectivity index (χ3v) is 3.63. The van der Waals surface area contributed by atoms with E-state index in [1.54, 1.807) is 0 Å². The minimum atomic E-state index is 0.00719. The molecule has 0 bridgehead atoms. The highest BCUT2D eigenvalue weighted by Gasteiger charge is 2.04. The highest BCUT2D eigenvalue weighted by atomic mass is 35.5. The lowest BCUT2D eigenvalue weighted by Crippen LogP contribution is -2.28. The quantitative estimate of drug-likeness (QED) is 0.789. The van der Waals surface area contributed by atoms with Gasteiger partial charge < -0.3 is 10.1 Å². The number of hydrogen-bond donors (Lipinski definition) is 1. The highest BCUT2D eigenvalue weighted by Crippen LogP contribution is 2.16. The molecule has 0 spiro atoms. The van der Waals surface area contributed by atoms with Crippen LogP contribution in [0.15, 0.2) is 48.5 Å². The number of carbonyl (C=O) groups excluding carboxylic acids is 1. The van der Waals surface area contributed by atoms with Crippen molar-refractivity contribution in [3.63, 3.8) is 0 Å². The van der Waals surface area contributed by atoms with Crippen molar-refractivity contribution in [3.05, 3.63) is 64.7 Å². The Balaban J connectivity index is 1.65. The van der Waals surface area contributed by atoms with Crippen LogP contribution in [0.2, 0.25) is 5.02 Å². The fourth-order valence-electron chi connectivity index (χ4n) is 2.10. The molecule has 1 N–H and O–H groups in total. The van der Waals surface area contributed by atoms with Gasteiger partial charge in [-0.3, -0.25) is 4.79 Å². The molecule has 0 unspecified atom stereocenters. The van der Waals surface area contributed by atoms with Crippen molar-refractivity contribution in [3.8, 4) is 5.75 Å². The second kappa shape index (κ2) is 8.44. The largest absolute Gasteiger partial charge is 0.492 e. The average molecular weight is 318 g/mol. The average Bonchev–Trinajstić information content (AvgIpc) is 2.51. The van der Waals surface area contributed by atoms with Gasteiger partial charge in [0.2, 0.25) is 5.91 Å². The first kappa shape index (κ1) is 16.4. The molecule has 0 fully saturated rings. The second-order valence-electron chi connectivity index (χ2n) is 5.11.